The van der Waals surface area contributed by atoms with Crippen LogP contribution in [0.3, 0.4) is 0 Å². The van der Waals surface area contributed by atoms with Crippen LogP contribution in [-0.2, 0) is 6.54 Å². The lowest BCUT2D eigenvalue weighted by Gasteiger charge is -2.14. The van der Waals surface area contributed by atoms with Gasteiger partial charge in [-0.2, -0.15) is 0 Å². The standard InChI is InChI=1S/C13H24BNO2S/c1-8(2)11-10(7-15(5)6)18-13(9(3)4)12(11)14(16)17/h8-9,16-17H,7H2,1-6H3. The summed E-state index contributed by atoms with van der Waals surface area (Å²) in [5.41, 5.74) is 1.86. The van der Waals surface area contributed by atoms with Gasteiger partial charge < -0.3 is 14.9 Å². The van der Waals surface area contributed by atoms with Crippen molar-refractivity contribution in [2.45, 2.75) is 46.1 Å². The molecule has 0 saturated heterocycles. The summed E-state index contributed by atoms with van der Waals surface area (Å²) in [7, 11) is 2.70. The molecule has 1 heterocycles. The van der Waals surface area contributed by atoms with Gasteiger partial charge in [0.15, 0.2) is 0 Å². The van der Waals surface area contributed by atoms with Crippen molar-refractivity contribution in [3.05, 3.63) is 15.3 Å². The SMILES string of the molecule is CC(C)c1sc(CN(C)C)c(C(C)C)c1B(O)O. The third-order valence-electron chi connectivity index (χ3n) is 2.91. The number of hydrogen-bond acceptors (Lipinski definition) is 4. The molecule has 0 bridgehead atoms. The fourth-order valence-corrected chi connectivity index (χ4v) is 3.86. The van der Waals surface area contributed by atoms with Crippen LogP contribution < -0.4 is 5.46 Å². The molecule has 0 saturated carbocycles. The molecule has 1 aromatic heterocycles. The summed E-state index contributed by atoms with van der Waals surface area (Å²) >= 11 is 1.72. The van der Waals surface area contributed by atoms with Gasteiger partial charge in [0.25, 0.3) is 0 Å². The Balaban J connectivity index is 3.39. The zero-order valence-electron chi connectivity index (χ0n) is 12.2. The van der Waals surface area contributed by atoms with Crippen molar-refractivity contribution in [1.82, 2.24) is 4.90 Å². The zero-order valence-corrected chi connectivity index (χ0v) is 13.0. The maximum atomic E-state index is 9.68. The first-order chi connectivity index (χ1) is 8.25. The van der Waals surface area contributed by atoms with Gasteiger partial charge in [0, 0.05) is 21.8 Å². The first-order valence-electron chi connectivity index (χ1n) is 6.41. The van der Waals surface area contributed by atoms with Crippen LogP contribution in [0.5, 0.6) is 0 Å². The fraction of sp³-hybridized carbons (Fsp3) is 0.692. The van der Waals surface area contributed by atoms with E-state index in [1.165, 1.54) is 4.88 Å². The smallest absolute Gasteiger partial charge is 0.423 e. The molecule has 0 atom stereocenters. The normalized spacial score (nSPS) is 11.9. The monoisotopic (exact) mass is 269 g/mol. The lowest BCUT2D eigenvalue weighted by atomic mass is 9.73. The maximum Gasteiger partial charge on any atom is 0.489 e. The highest BCUT2D eigenvalue weighted by molar-refractivity contribution is 7.13. The van der Waals surface area contributed by atoms with Gasteiger partial charge >= 0.3 is 7.12 Å². The van der Waals surface area contributed by atoms with Crippen molar-refractivity contribution in [2.24, 2.45) is 0 Å². The molecule has 0 aliphatic rings. The van der Waals surface area contributed by atoms with Crippen LogP contribution in [0.25, 0.3) is 0 Å². The molecule has 5 heteroatoms. The lowest BCUT2D eigenvalue weighted by molar-refractivity contribution is 0.404. The second-order valence-corrected chi connectivity index (χ2v) is 6.77. The highest BCUT2D eigenvalue weighted by atomic mass is 32.1. The van der Waals surface area contributed by atoms with Gasteiger partial charge in [-0.15, -0.1) is 11.3 Å². The van der Waals surface area contributed by atoms with Crippen molar-refractivity contribution in [3.8, 4) is 0 Å². The van der Waals surface area contributed by atoms with Gasteiger partial charge in [0.2, 0.25) is 0 Å². The fourth-order valence-electron chi connectivity index (χ4n) is 2.26. The molecule has 2 N–H and O–H groups in total. The molecule has 0 fully saturated rings. The topological polar surface area (TPSA) is 43.7 Å². The molecule has 0 aliphatic carbocycles. The average molecular weight is 269 g/mol. The second kappa shape index (κ2) is 6.19. The largest absolute Gasteiger partial charge is 0.489 e. The Kier molecular flexibility index (Phi) is 5.40. The van der Waals surface area contributed by atoms with Gasteiger partial charge in [-0.3, -0.25) is 0 Å². The van der Waals surface area contributed by atoms with Crippen LogP contribution in [0, 0.1) is 0 Å². The quantitative estimate of drug-likeness (QED) is 0.800. The van der Waals surface area contributed by atoms with Crippen molar-refractivity contribution in [3.63, 3.8) is 0 Å². The molecule has 18 heavy (non-hydrogen) atoms. The Morgan fingerprint density at radius 2 is 1.67 bits per heavy atom. The summed E-state index contributed by atoms with van der Waals surface area (Å²) in [6.07, 6.45) is 0. The van der Waals surface area contributed by atoms with Crippen LogP contribution in [0.15, 0.2) is 0 Å². The summed E-state index contributed by atoms with van der Waals surface area (Å²) in [6.45, 7) is 9.27. The molecule has 1 rings (SSSR count). The number of hydrogen-bond donors (Lipinski definition) is 2. The van der Waals surface area contributed by atoms with Gasteiger partial charge in [-0.05, 0) is 31.5 Å². The van der Waals surface area contributed by atoms with E-state index in [2.05, 4.69) is 32.6 Å². The lowest BCUT2D eigenvalue weighted by Crippen LogP contribution is -2.35. The van der Waals surface area contributed by atoms with Gasteiger partial charge in [-0.1, -0.05) is 27.7 Å². The molecule has 0 radical (unpaired) electrons. The van der Waals surface area contributed by atoms with Crippen LogP contribution in [0.4, 0.5) is 0 Å². The van der Waals surface area contributed by atoms with E-state index in [-0.39, 0.29) is 0 Å². The molecular weight excluding hydrogens is 245 g/mol. The molecule has 1 aromatic rings. The minimum absolute atomic E-state index is 0.306. The molecule has 0 aromatic carbocycles. The third kappa shape index (κ3) is 3.35. The predicted molar refractivity (Wildman–Crippen MR) is 79.7 cm³/mol. The molecule has 0 unspecified atom stereocenters. The summed E-state index contributed by atoms with van der Waals surface area (Å²) in [6, 6.07) is 0. The Bertz CT molecular complexity index is 400. The van der Waals surface area contributed by atoms with E-state index in [4.69, 9.17) is 0 Å². The molecule has 0 amide bonds. The van der Waals surface area contributed by atoms with E-state index in [0.717, 1.165) is 22.4 Å². The van der Waals surface area contributed by atoms with Crippen LogP contribution in [0.1, 0.15) is 54.8 Å². The molecular formula is C13H24BNO2S. The van der Waals surface area contributed by atoms with Gasteiger partial charge in [0.1, 0.15) is 0 Å². The van der Waals surface area contributed by atoms with Crippen molar-refractivity contribution < 1.29 is 10.0 Å². The zero-order chi connectivity index (χ0) is 14.0. The van der Waals surface area contributed by atoms with Crippen LogP contribution >= 0.6 is 11.3 Å². The van der Waals surface area contributed by atoms with Gasteiger partial charge in [0.05, 0.1) is 0 Å². The van der Waals surface area contributed by atoms with Crippen LogP contribution in [-0.4, -0.2) is 36.2 Å². The van der Waals surface area contributed by atoms with E-state index in [0.29, 0.717) is 11.8 Å². The summed E-state index contributed by atoms with van der Waals surface area (Å²) in [5.74, 6) is 0.626. The molecule has 0 aliphatic heterocycles. The van der Waals surface area contributed by atoms with E-state index in [9.17, 15) is 10.0 Å². The van der Waals surface area contributed by atoms with E-state index >= 15 is 0 Å². The highest BCUT2D eigenvalue weighted by Gasteiger charge is 2.28. The van der Waals surface area contributed by atoms with Crippen molar-refractivity contribution in [2.75, 3.05) is 14.1 Å². The summed E-state index contributed by atoms with van der Waals surface area (Å²) in [4.78, 5) is 4.47. The molecule has 3 nitrogen and oxygen atoms in total. The molecule has 102 valence electrons. The van der Waals surface area contributed by atoms with E-state index in [1.54, 1.807) is 11.3 Å². The maximum absolute atomic E-state index is 9.68. The Hall–Kier alpha value is -0.355. The minimum Gasteiger partial charge on any atom is -0.423 e. The number of nitrogens with zero attached hydrogens (tertiary/aromatic N) is 1. The first kappa shape index (κ1) is 15.7. The summed E-state index contributed by atoms with van der Waals surface area (Å²) in [5, 5.41) is 19.4. The second-order valence-electron chi connectivity index (χ2n) is 5.64. The van der Waals surface area contributed by atoms with Gasteiger partial charge in [-0.25, -0.2) is 0 Å². The minimum atomic E-state index is -1.37. The molecule has 0 spiro atoms. The highest BCUT2D eigenvalue weighted by Crippen LogP contribution is 2.31. The first-order valence-corrected chi connectivity index (χ1v) is 7.23. The number of rotatable bonds is 5. The predicted octanol–water partition coefficient (Wildman–Crippen LogP) is 1.74. The Labute approximate surface area is 115 Å². The number of thiophene rings is 1. The van der Waals surface area contributed by atoms with E-state index in [1.807, 2.05) is 14.1 Å². The summed E-state index contributed by atoms with van der Waals surface area (Å²) < 4.78 is 0. The average Bonchev–Trinajstić information content (AvgIpc) is 2.55. The Morgan fingerprint density at radius 1 is 1.11 bits per heavy atom. The van der Waals surface area contributed by atoms with E-state index < -0.39 is 7.12 Å². The van der Waals surface area contributed by atoms with Crippen molar-refractivity contribution >= 4 is 23.9 Å². The van der Waals surface area contributed by atoms with Crippen molar-refractivity contribution in [1.29, 1.82) is 0 Å². The third-order valence-corrected chi connectivity index (χ3v) is 4.42. The Morgan fingerprint density at radius 3 is 2.00 bits per heavy atom. The van der Waals surface area contributed by atoms with Crippen LogP contribution in [0.2, 0.25) is 0 Å².